The zero-order chi connectivity index (χ0) is 17.1. The number of amides is 1. The Labute approximate surface area is 140 Å². The van der Waals surface area contributed by atoms with Gasteiger partial charge in [-0.2, -0.15) is 10.2 Å². The molecule has 0 spiro atoms. The van der Waals surface area contributed by atoms with Crippen molar-refractivity contribution in [2.75, 3.05) is 5.32 Å². The Morgan fingerprint density at radius 3 is 2.62 bits per heavy atom. The van der Waals surface area contributed by atoms with Crippen LogP contribution in [0.25, 0.3) is 11.8 Å². The van der Waals surface area contributed by atoms with E-state index < -0.39 is 0 Å². The lowest BCUT2D eigenvalue weighted by Crippen LogP contribution is -2.09. The first-order valence-electron chi connectivity index (χ1n) is 7.64. The average molecular weight is 321 g/mol. The van der Waals surface area contributed by atoms with Crippen LogP contribution in [0.1, 0.15) is 17.0 Å². The third-order valence-corrected chi connectivity index (χ3v) is 3.81. The second-order valence-electron chi connectivity index (χ2n) is 5.55. The van der Waals surface area contributed by atoms with Gasteiger partial charge in [-0.25, -0.2) is 4.68 Å². The molecule has 0 saturated heterocycles. The van der Waals surface area contributed by atoms with Crippen LogP contribution < -0.4 is 5.32 Å². The summed E-state index contributed by atoms with van der Waals surface area (Å²) in [4.78, 5) is 12.1. The molecule has 1 N–H and O–H groups in total. The van der Waals surface area contributed by atoms with Crippen molar-refractivity contribution >= 4 is 17.7 Å². The van der Waals surface area contributed by atoms with E-state index in [1.807, 2.05) is 57.4 Å². The molecule has 0 unspecified atom stereocenters. The second kappa shape index (κ2) is 6.54. The van der Waals surface area contributed by atoms with E-state index in [-0.39, 0.29) is 5.91 Å². The molecule has 0 saturated carbocycles. The van der Waals surface area contributed by atoms with E-state index in [9.17, 15) is 4.79 Å². The minimum absolute atomic E-state index is 0.193. The highest BCUT2D eigenvalue weighted by atomic mass is 16.1. The number of anilines is 1. The van der Waals surface area contributed by atoms with Crippen LogP contribution in [0.3, 0.4) is 0 Å². The fraction of sp³-hybridized carbons (Fsp3) is 0.167. The predicted octanol–water partition coefficient (Wildman–Crippen LogP) is 2.87. The Morgan fingerprint density at radius 2 is 1.96 bits per heavy atom. The van der Waals surface area contributed by atoms with Crippen molar-refractivity contribution in [1.82, 2.24) is 19.6 Å². The number of carbonyl (C=O) groups excluding carboxylic acids is 1. The summed E-state index contributed by atoms with van der Waals surface area (Å²) in [6, 6.07) is 9.82. The highest BCUT2D eigenvalue weighted by molar-refractivity contribution is 6.02. The van der Waals surface area contributed by atoms with Crippen LogP contribution in [0, 0.1) is 13.8 Å². The quantitative estimate of drug-likeness (QED) is 0.752. The van der Waals surface area contributed by atoms with E-state index in [0.717, 1.165) is 28.3 Å². The summed E-state index contributed by atoms with van der Waals surface area (Å²) in [6.45, 7) is 3.79. The number of para-hydroxylation sites is 1. The number of benzene rings is 1. The van der Waals surface area contributed by atoms with Gasteiger partial charge in [0.15, 0.2) is 0 Å². The third-order valence-electron chi connectivity index (χ3n) is 3.81. The van der Waals surface area contributed by atoms with Crippen molar-refractivity contribution in [3.63, 3.8) is 0 Å². The van der Waals surface area contributed by atoms with E-state index in [4.69, 9.17) is 0 Å². The Balaban J connectivity index is 1.70. The van der Waals surface area contributed by atoms with Gasteiger partial charge in [0.25, 0.3) is 0 Å². The maximum Gasteiger partial charge on any atom is 0.248 e. The molecule has 24 heavy (non-hydrogen) atoms. The number of nitrogens with one attached hydrogen (secondary N) is 1. The van der Waals surface area contributed by atoms with Crippen molar-refractivity contribution in [1.29, 1.82) is 0 Å². The van der Waals surface area contributed by atoms with Crippen LogP contribution in [0.4, 0.5) is 5.69 Å². The number of hydrogen-bond donors (Lipinski definition) is 1. The van der Waals surface area contributed by atoms with Gasteiger partial charge >= 0.3 is 0 Å². The van der Waals surface area contributed by atoms with Crippen LogP contribution in [0.2, 0.25) is 0 Å². The molecule has 0 aliphatic rings. The summed E-state index contributed by atoms with van der Waals surface area (Å²) in [5.41, 5.74) is 4.31. The maximum absolute atomic E-state index is 12.1. The molecule has 3 aromatic rings. The molecule has 0 bridgehead atoms. The first kappa shape index (κ1) is 15.7. The van der Waals surface area contributed by atoms with Crippen LogP contribution in [0.15, 0.2) is 48.8 Å². The molecule has 0 atom stereocenters. The molecule has 3 rings (SSSR count). The SMILES string of the molecule is Cc1nn(C)c(C)c1NC(=O)/C=C/c1cnn(-c2ccccc2)c1. The summed E-state index contributed by atoms with van der Waals surface area (Å²) in [5, 5.41) is 11.5. The number of aryl methyl sites for hydroxylation is 2. The summed E-state index contributed by atoms with van der Waals surface area (Å²) in [6.07, 6.45) is 6.83. The van der Waals surface area contributed by atoms with Crippen LogP contribution in [0.5, 0.6) is 0 Å². The van der Waals surface area contributed by atoms with Gasteiger partial charge < -0.3 is 5.32 Å². The van der Waals surface area contributed by atoms with Gasteiger partial charge in [0, 0.05) is 24.9 Å². The molecule has 1 aromatic carbocycles. The van der Waals surface area contributed by atoms with Crippen LogP contribution in [-0.2, 0) is 11.8 Å². The van der Waals surface area contributed by atoms with Gasteiger partial charge in [-0.15, -0.1) is 0 Å². The van der Waals surface area contributed by atoms with Gasteiger partial charge in [0.1, 0.15) is 0 Å². The Hall–Kier alpha value is -3.15. The molecule has 2 heterocycles. The van der Waals surface area contributed by atoms with Gasteiger partial charge in [-0.1, -0.05) is 18.2 Å². The minimum Gasteiger partial charge on any atom is -0.319 e. The largest absolute Gasteiger partial charge is 0.319 e. The summed E-state index contributed by atoms with van der Waals surface area (Å²) in [7, 11) is 1.85. The number of nitrogens with zero attached hydrogens (tertiary/aromatic N) is 4. The molecule has 1 amide bonds. The van der Waals surface area contributed by atoms with Crippen molar-refractivity contribution in [2.45, 2.75) is 13.8 Å². The molecule has 6 nitrogen and oxygen atoms in total. The van der Waals surface area contributed by atoms with E-state index in [1.54, 1.807) is 21.6 Å². The molecule has 2 aromatic heterocycles. The molecule has 0 aliphatic carbocycles. The second-order valence-corrected chi connectivity index (χ2v) is 5.55. The Kier molecular flexibility index (Phi) is 4.29. The summed E-state index contributed by atoms with van der Waals surface area (Å²) in [5.74, 6) is -0.193. The monoisotopic (exact) mass is 321 g/mol. The number of hydrogen-bond acceptors (Lipinski definition) is 3. The standard InChI is InChI=1S/C18H19N5O/c1-13-18(14(2)22(3)21-13)20-17(24)10-9-15-11-19-23(12-15)16-7-5-4-6-8-16/h4-12H,1-3H3,(H,20,24)/b10-9+. The normalized spacial score (nSPS) is 11.1. The number of aromatic nitrogens is 4. The smallest absolute Gasteiger partial charge is 0.248 e. The lowest BCUT2D eigenvalue weighted by Gasteiger charge is -2.02. The lowest BCUT2D eigenvalue weighted by molar-refractivity contribution is -0.111. The van der Waals surface area contributed by atoms with E-state index in [0.29, 0.717) is 0 Å². The van der Waals surface area contributed by atoms with Crippen molar-refractivity contribution in [3.8, 4) is 5.69 Å². The predicted molar refractivity (Wildman–Crippen MR) is 93.9 cm³/mol. The van der Waals surface area contributed by atoms with Gasteiger partial charge in [-0.05, 0) is 32.1 Å². The van der Waals surface area contributed by atoms with E-state index in [1.165, 1.54) is 6.08 Å². The zero-order valence-electron chi connectivity index (χ0n) is 13.9. The van der Waals surface area contributed by atoms with Gasteiger partial charge in [-0.3, -0.25) is 9.48 Å². The minimum atomic E-state index is -0.193. The molecule has 122 valence electrons. The molecule has 0 fully saturated rings. The molecule has 0 aliphatic heterocycles. The summed E-state index contributed by atoms with van der Waals surface area (Å²) < 4.78 is 3.52. The third kappa shape index (κ3) is 3.27. The molecule has 0 radical (unpaired) electrons. The molecule has 6 heteroatoms. The lowest BCUT2D eigenvalue weighted by atomic mass is 10.3. The van der Waals surface area contributed by atoms with Crippen molar-refractivity contribution in [3.05, 3.63) is 65.8 Å². The summed E-state index contributed by atoms with van der Waals surface area (Å²) >= 11 is 0. The first-order chi connectivity index (χ1) is 11.5. The average Bonchev–Trinajstić information content (AvgIpc) is 3.15. The van der Waals surface area contributed by atoms with Crippen LogP contribution in [-0.4, -0.2) is 25.5 Å². The van der Waals surface area contributed by atoms with Crippen molar-refractivity contribution < 1.29 is 4.79 Å². The Morgan fingerprint density at radius 1 is 1.21 bits per heavy atom. The Bertz CT molecular complexity index is 890. The van der Waals surface area contributed by atoms with Crippen LogP contribution >= 0.6 is 0 Å². The first-order valence-corrected chi connectivity index (χ1v) is 7.64. The fourth-order valence-electron chi connectivity index (χ4n) is 2.44. The zero-order valence-corrected chi connectivity index (χ0v) is 13.9. The number of carbonyl (C=O) groups is 1. The van der Waals surface area contributed by atoms with Crippen molar-refractivity contribution in [2.24, 2.45) is 7.05 Å². The highest BCUT2D eigenvalue weighted by Gasteiger charge is 2.10. The fourth-order valence-corrected chi connectivity index (χ4v) is 2.44. The topological polar surface area (TPSA) is 64.7 Å². The molecular formula is C18H19N5O. The highest BCUT2D eigenvalue weighted by Crippen LogP contribution is 2.18. The van der Waals surface area contributed by atoms with Gasteiger partial charge in [0.2, 0.25) is 5.91 Å². The molecular weight excluding hydrogens is 302 g/mol. The number of rotatable bonds is 4. The maximum atomic E-state index is 12.1. The van der Waals surface area contributed by atoms with E-state index >= 15 is 0 Å². The van der Waals surface area contributed by atoms with E-state index in [2.05, 4.69) is 15.5 Å². The van der Waals surface area contributed by atoms with Gasteiger partial charge in [0.05, 0.1) is 29.0 Å².